The van der Waals surface area contributed by atoms with Crippen molar-refractivity contribution < 1.29 is 4.79 Å². The Hall–Kier alpha value is -2.23. The highest BCUT2D eigenvalue weighted by atomic mass is 16.2. The average Bonchev–Trinajstić information content (AvgIpc) is 3.17. The van der Waals surface area contributed by atoms with Crippen LogP contribution in [0.15, 0.2) is 36.5 Å². The summed E-state index contributed by atoms with van der Waals surface area (Å²) in [5.74, 6) is 0.0331. The summed E-state index contributed by atoms with van der Waals surface area (Å²) in [6.07, 6.45) is 3.84. The molecular formula is C16H19N3O. The summed E-state index contributed by atoms with van der Waals surface area (Å²) in [5, 5.41) is 0. The molecule has 3 rings (SSSR count). The molecule has 1 aromatic carbocycles. The van der Waals surface area contributed by atoms with Crippen LogP contribution in [0.5, 0.6) is 0 Å². The fourth-order valence-electron chi connectivity index (χ4n) is 2.45. The number of amides is 1. The minimum atomic E-state index is 0.0331. The Labute approximate surface area is 118 Å². The van der Waals surface area contributed by atoms with Gasteiger partial charge < -0.3 is 15.6 Å². The molecule has 0 atom stereocenters. The summed E-state index contributed by atoms with van der Waals surface area (Å²) >= 11 is 0. The summed E-state index contributed by atoms with van der Waals surface area (Å²) in [7, 11) is 0. The van der Waals surface area contributed by atoms with Crippen molar-refractivity contribution >= 4 is 11.6 Å². The van der Waals surface area contributed by atoms with Crippen molar-refractivity contribution in [3.8, 4) is 0 Å². The number of aromatic nitrogens is 1. The van der Waals surface area contributed by atoms with Crippen LogP contribution in [0.1, 0.15) is 34.5 Å². The van der Waals surface area contributed by atoms with Crippen molar-refractivity contribution in [2.24, 2.45) is 0 Å². The Morgan fingerprint density at radius 2 is 2.20 bits per heavy atom. The topological polar surface area (TPSA) is 62.1 Å². The van der Waals surface area contributed by atoms with E-state index in [0.717, 1.165) is 12.8 Å². The van der Waals surface area contributed by atoms with Gasteiger partial charge in [-0.25, -0.2) is 0 Å². The van der Waals surface area contributed by atoms with Gasteiger partial charge in [0.2, 0.25) is 0 Å². The quantitative estimate of drug-likeness (QED) is 0.896. The average molecular weight is 269 g/mol. The maximum Gasteiger partial charge on any atom is 0.270 e. The third-order valence-corrected chi connectivity index (χ3v) is 3.62. The number of nitrogens with two attached hydrogens (primary N) is 1. The van der Waals surface area contributed by atoms with E-state index in [4.69, 9.17) is 5.73 Å². The molecule has 1 amide bonds. The van der Waals surface area contributed by atoms with Gasteiger partial charge in [-0.1, -0.05) is 29.8 Å². The lowest BCUT2D eigenvalue weighted by molar-refractivity contribution is 0.0724. The molecule has 0 spiro atoms. The van der Waals surface area contributed by atoms with Crippen LogP contribution in [0.3, 0.4) is 0 Å². The Bertz CT molecular complexity index is 628. The van der Waals surface area contributed by atoms with E-state index in [1.54, 1.807) is 12.3 Å². The van der Waals surface area contributed by atoms with Crippen molar-refractivity contribution in [3.63, 3.8) is 0 Å². The Morgan fingerprint density at radius 3 is 2.80 bits per heavy atom. The van der Waals surface area contributed by atoms with Crippen LogP contribution in [0.25, 0.3) is 0 Å². The zero-order chi connectivity index (χ0) is 14.1. The van der Waals surface area contributed by atoms with Gasteiger partial charge in [0.15, 0.2) is 0 Å². The molecule has 0 bridgehead atoms. The molecule has 1 heterocycles. The lowest BCUT2D eigenvalue weighted by atomic mass is 10.1. The SMILES string of the molecule is Cc1cccc(CN(C(=O)c2cc(N)c[nH]2)C2CC2)c1. The second-order valence-electron chi connectivity index (χ2n) is 5.50. The number of hydrogen-bond acceptors (Lipinski definition) is 2. The first kappa shape index (κ1) is 12.8. The number of anilines is 1. The maximum atomic E-state index is 12.6. The third-order valence-electron chi connectivity index (χ3n) is 3.62. The van der Waals surface area contributed by atoms with Crippen LogP contribution in [0.4, 0.5) is 5.69 Å². The monoisotopic (exact) mass is 269 g/mol. The van der Waals surface area contributed by atoms with Crippen molar-refractivity contribution in [2.45, 2.75) is 32.4 Å². The van der Waals surface area contributed by atoms with Crippen molar-refractivity contribution in [1.82, 2.24) is 9.88 Å². The van der Waals surface area contributed by atoms with Crippen LogP contribution in [0, 0.1) is 6.92 Å². The summed E-state index contributed by atoms with van der Waals surface area (Å²) in [5.41, 5.74) is 9.24. The first-order chi connectivity index (χ1) is 9.63. The lowest BCUT2D eigenvalue weighted by Gasteiger charge is -2.22. The van der Waals surface area contributed by atoms with Crippen molar-refractivity contribution in [1.29, 1.82) is 0 Å². The number of H-pyrrole nitrogens is 1. The van der Waals surface area contributed by atoms with E-state index < -0.39 is 0 Å². The zero-order valence-corrected chi connectivity index (χ0v) is 11.6. The fraction of sp³-hybridized carbons (Fsp3) is 0.312. The van der Waals surface area contributed by atoms with Crippen LogP contribution >= 0.6 is 0 Å². The van der Waals surface area contributed by atoms with Gasteiger partial charge in [-0.3, -0.25) is 4.79 Å². The molecule has 1 fully saturated rings. The molecule has 1 saturated carbocycles. The van der Waals surface area contributed by atoms with Crippen molar-refractivity contribution in [2.75, 3.05) is 5.73 Å². The maximum absolute atomic E-state index is 12.6. The molecule has 1 aromatic heterocycles. The van der Waals surface area contributed by atoms with Gasteiger partial charge in [0.25, 0.3) is 5.91 Å². The van der Waals surface area contributed by atoms with Crippen LogP contribution in [-0.4, -0.2) is 21.8 Å². The highest BCUT2D eigenvalue weighted by Crippen LogP contribution is 2.30. The van der Waals surface area contributed by atoms with E-state index in [1.807, 2.05) is 11.0 Å². The molecule has 1 aliphatic rings. The second kappa shape index (κ2) is 5.04. The minimum absolute atomic E-state index is 0.0331. The normalized spacial score (nSPS) is 14.2. The summed E-state index contributed by atoms with van der Waals surface area (Å²) < 4.78 is 0. The summed E-state index contributed by atoms with van der Waals surface area (Å²) in [6.45, 7) is 2.72. The van der Waals surface area contributed by atoms with Gasteiger partial charge in [-0.15, -0.1) is 0 Å². The predicted molar refractivity (Wildman–Crippen MR) is 79.3 cm³/mol. The highest BCUT2D eigenvalue weighted by molar-refractivity contribution is 5.93. The largest absolute Gasteiger partial charge is 0.397 e. The molecule has 4 heteroatoms. The summed E-state index contributed by atoms with van der Waals surface area (Å²) in [4.78, 5) is 17.5. The Balaban J connectivity index is 1.81. The summed E-state index contributed by atoms with van der Waals surface area (Å²) in [6, 6.07) is 10.4. The third kappa shape index (κ3) is 2.69. The molecule has 4 nitrogen and oxygen atoms in total. The molecular weight excluding hydrogens is 250 g/mol. The molecule has 1 aliphatic carbocycles. The van der Waals surface area contributed by atoms with E-state index in [1.165, 1.54) is 11.1 Å². The van der Waals surface area contributed by atoms with Crippen LogP contribution in [-0.2, 0) is 6.54 Å². The van der Waals surface area contributed by atoms with E-state index in [0.29, 0.717) is 24.0 Å². The number of aromatic amines is 1. The van der Waals surface area contributed by atoms with E-state index in [2.05, 4.69) is 30.1 Å². The van der Waals surface area contributed by atoms with Gasteiger partial charge in [0, 0.05) is 24.5 Å². The van der Waals surface area contributed by atoms with Gasteiger partial charge in [0.05, 0.1) is 0 Å². The first-order valence-electron chi connectivity index (χ1n) is 6.94. The number of benzene rings is 1. The number of aryl methyl sites for hydroxylation is 1. The molecule has 0 saturated heterocycles. The van der Waals surface area contributed by atoms with Gasteiger partial charge in [0.1, 0.15) is 5.69 Å². The number of hydrogen-bond donors (Lipinski definition) is 2. The fourth-order valence-corrected chi connectivity index (χ4v) is 2.45. The van der Waals surface area contributed by atoms with Crippen LogP contribution < -0.4 is 5.73 Å². The molecule has 20 heavy (non-hydrogen) atoms. The molecule has 0 radical (unpaired) electrons. The second-order valence-corrected chi connectivity index (χ2v) is 5.50. The minimum Gasteiger partial charge on any atom is -0.397 e. The number of nitrogens with one attached hydrogen (secondary N) is 1. The molecule has 3 N–H and O–H groups in total. The van der Waals surface area contributed by atoms with Gasteiger partial charge in [-0.05, 0) is 31.4 Å². The number of nitrogen functional groups attached to an aromatic ring is 1. The number of rotatable bonds is 4. The number of nitrogens with zero attached hydrogens (tertiary/aromatic N) is 1. The van der Waals surface area contributed by atoms with E-state index >= 15 is 0 Å². The number of carbonyl (C=O) groups is 1. The molecule has 0 aliphatic heterocycles. The smallest absolute Gasteiger partial charge is 0.270 e. The van der Waals surface area contributed by atoms with E-state index in [-0.39, 0.29) is 5.91 Å². The standard InChI is InChI=1S/C16H19N3O/c1-11-3-2-4-12(7-11)10-19(14-5-6-14)16(20)15-8-13(17)9-18-15/h2-4,7-9,14,18H,5-6,10,17H2,1H3. The first-order valence-corrected chi connectivity index (χ1v) is 6.94. The number of carbonyl (C=O) groups excluding carboxylic acids is 1. The zero-order valence-electron chi connectivity index (χ0n) is 11.6. The van der Waals surface area contributed by atoms with E-state index in [9.17, 15) is 4.79 Å². The Morgan fingerprint density at radius 1 is 1.40 bits per heavy atom. The molecule has 104 valence electrons. The van der Waals surface area contributed by atoms with Crippen molar-refractivity contribution in [3.05, 3.63) is 53.3 Å². The Kier molecular flexibility index (Phi) is 3.22. The lowest BCUT2D eigenvalue weighted by Crippen LogP contribution is -2.32. The van der Waals surface area contributed by atoms with Crippen LogP contribution in [0.2, 0.25) is 0 Å². The molecule has 2 aromatic rings. The highest BCUT2D eigenvalue weighted by Gasteiger charge is 2.33. The van der Waals surface area contributed by atoms with Gasteiger partial charge in [-0.2, -0.15) is 0 Å². The predicted octanol–water partition coefficient (Wildman–Crippen LogP) is 2.71. The van der Waals surface area contributed by atoms with Gasteiger partial charge >= 0.3 is 0 Å². The molecule has 0 unspecified atom stereocenters.